The van der Waals surface area contributed by atoms with E-state index in [9.17, 15) is 9.90 Å². The van der Waals surface area contributed by atoms with Gasteiger partial charge in [-0.3, -0.25) is 4.79 Å². The van der Waals surface area contributed by atoms with Crippen molar-refractivity contribution in [1.29, 1.82) is 0 Å². The Morgan fingerprint density at radius 3 is 2.37 bits per heavy atom. The van der Waals surface area contributed by atoms with E-state index in [1.54, 1.807) is 53.4 Å². The third-order valence-corrected chi connectivity index (χ3v) is 3.35. The summed E-state index contributed by atoms with van der Waals surface area (Å²) >= 11 is 0. The molecule has 1 aromatic rings. The van der Waals surface area contributed by atoms with Crippen LogP contribution < -0.4 is 10.2 Å². The predicted octanol–water partition coefficient (Wildman–Crippen LogP) is 1.32. The van der Waals surface area contributed by atoms with Crippen LogP contribution in [-0.4, -0.2) is 37.2 Å². The van der Waals surface area contributed by atoms with Gasteiger partial charge in [-0.1, -0.05) is 6.07 Å². The average molecular weight is 263 g/mol. The molecule has 0 saturated carbocycles. The van der Waals surface area contributed by atoms with Crippen molar-refractivity contribution in [3.8, 4) is 5.75 Å². The van der Waals surface area contributed by atoms with Gasteiger partial charge in [-0.2, -0.15) is 0 Å². The number of carbonyl (C=O) groups is 1. The van der Waals surface area contributed by atoms with Crippen molar-refractivity contribution < 1.29 is 19.3 Å². The lowest BCUT2D eigenvalue weighted by molar-refractivity contribution is -0.0893. The number of hydrogen-bond acceptors (Lipinski definition) is 4. The molecule has 1 aromatic carbocycles. The molecule has 0 atom stereocenters. The van der Waals surface area contributed by atoms with Crippen LogP contribution in [0.2, 0.25) is 0 Å². The van der Waals surface area contributed by atoms with E-state index in [-0.39, 0.29) is 0 Å². The van der Waals surface area contributed by atoms with Crippen LogP contribution in [0.25, 0.3) is 0 Å². The fourth-order valence-corrected chi connectivity index (χ4v) is 1.26. The van der Waals surface area contributed by atoms with Gasteiger partial charge < -0.3 is 14.5 Å². The molecule has 0 bridgehead atoms. The van der Waals surface area contributed by atoms with Gasteiger partial charge in [0.1, 0.15) is 5.75 Å². The van der Waals surface area contributed by atoms with Crippen molar-refractivity contribution >= 4 is 19.2 Å². The summed E-state index contributed by atoms with van der Waals surface area (Å²) in [5, 5.41) is 9.99. The molecule has 4 nitrogen and oxygen atoms in total. The third-order valence-electron chi connectivity index (χ3n) is 3.35. The quantitative estimate of drug-likeness (QED) is 0.621. The van der Waals surface area contributed by atoms with E-state index in [4.69, 9.17) is 9.39 Å². The molecule has 0 amide bonds. The summed E-state index contributed by atoms with van der Waals surface area (Å²) in [6.07, 6.45) is 0.740. The van der Waals surface area contributed by atoms with Crippen molar-refractivity contribution in [2.45, 2.75) is 38.9 Å². The fraction of sp³-hybridized carbons (Fsp3) is 0.500. The second-order valence-electron chi connectivity index (χ2n) is 5.42. The minimum Gasteiger partial charge on any atom is -0.496 e. The van der Waals surface area contributed by atoms with Crippen molar-refractivity contribution in [2.24, 2.45) is 0 Å². The van der Waals surface area contributed by atoms with Gasteiger partial charge in [0.05, 0.1) is 23.9 Å². The predicted molar refractivity (Wildman–Crippen MR) is 75.2 cm³/mol. The molecular formula is C14H20BO4. The van der Waals surface area contributed by atoms with Crippen LogP contribution in [0, 0.1) is 0 Å². The first kappa shape index (κ1) is 15.7. The number of hydrogen-bond donors (Lipinski definition) is 1. The molecule has 0 aliphatic rings. The first-order valence-corrected chi connectivity index (χ1v) is 6.08. The van der Waals surface area contributed by atoms with Gasteiger partial charge in [0.2, 0.25) is 0 Å². The highest BCUT2D eigenvalue weighted by molar-refractivity contribution is 6.47. The summed E-state index contributed by atoms with van der Waals surface area (Å²) in [5.41, 5.74) is -0.457. The first-order chi connectivity index (χ1) is 8.71. The zero-order chi connectivity index (χ0) is 14.7. The monoisotopic (exact) mass is 263 g/mol. The minimum atomic E-state index is -0.976. The van der Waals surface area contributed by atoms with Crippen molar-refractivity contribution in [3.63, 3.8) is 0 Å². The molecule has 1 radical (unpaired) electrons. The van der Waals surface area contributed by atoms with Gasteiger partial charge >= 0.3 is 7.48 Å². The maximum absolute atomic E-state index is 10.8. The van der Waals surface area contributed by atoms with Crippen LogP contribution in [0.15, 0.2) is 18.2 Å². The summed E-state index contributed by atoms with van der Waals surface area (Å²) in [5.74, 6) is 0.494. The Balaban J connectivity index is 2.82. The number of benzene rings is 1. The zero-order valence-electron chi connectivity index (χ0n) is 12.1. The summed E-state index contributed by atoms with van der Waals surface area (Å²) in [6.45, 7) is 6.99. The van der Waals surface area contributed by atoms with E-state index in [1.807, 2.05) is 0 Å². The van der Waals surface area contributed by atoms with Crippen LogP contribution >= 0.6 is 0 Å². The molecule has 103 valence electrons. The summed E-state index contributed by atoms with van der Waals surface area (Å²) in [6, 6.07) is 5.13. The number of carbonyl (C=O) groups excluding carboxylic acids is 1. The maximum atomic E-state index is 10.8. The maximum Gasteiger partial charge on any atom is 0.331 e. The van der Waals surface area contributed by atoms with Gasteiger partial charge in [0.25, 0.3) is 0 Å². The molecule has 0 aliphatic carbocycles. The zero-order valence-corrected chi connectivity index (χ0v) is 12.1. The lowest BCUT2D eigenvalue weighted by Crippen LogP contribution is -2.49. The average Bonchev–Trinajstić information content (AvgIpc) is 2.34. The summed E-state index contributed by atoms with van der Waals surface area (Å²) in [4.78, 5) is 10.8. The van der Waals surface area contributed by atoms with Crippen LogP contribution in [0.5, 0.6) is 5.75 Å². The molecule has 19 heavy (non-hydrogen) atoms. The highest BCUT2D eigenvalue weighted by Gasteiger charge is 2.35. The fourth-order valence-electron chi connectivity index (χ4n) is 1.26. The van der Waals surface area contributed by atoms with Crippen molar-refractivity contribution in [3.05, 3.63) is 23.8 Å². The van der Waals surface area contributed by atoms with Crippen molar-refractivity contribution in [2.75, 3.05) is 7.11 Å². The van der Waals surface area contributed by atoms with Gasteiger partial charge in [0.15, 0.2) is 6.29 Å². The number of ether oxygens (including phenoxy) is 1. The Kier molecular flexibility index (Phi) is 4.77. The summed E-state index contributed by atoms with van der Waals surface area (Å²) < 4.78 is 10.8. The van der Waals surface area contributed by atoms with E-state index in [0.717, 1.165) is 11.7 Å². The van der Waals surface area contributed by atoms with Gasteiger partial charge in [0, 0.05) is 0 Å². The molecule has 0 aliphatic heterocycles. The Hall–Kier alpha value is -1.33. The highest BCUT2D eigenvalue weighted by atomic mass is 16.5. The third kappa shape index (κ3) is 3.82. The first-order valence-electron chi connectivity index (χ1n) is 6.08. The second-order valence-corrected chi connectivity index (χ2v) is 5.42. The Morgan fingerprint density at radius 1 is 1.26 bits per heavy atom. The number of methoxy groups -OCH3 is 1. The van der Waals surface area contributed by atoms with Gasteiger partial charge in [-0.05, 0) is 45.3 Å². The van der Waals surface area contributed by atoms with E-state index in [0.29, 0.717) is 11.3 Å². The largest absolute Gasteiger partial charge is 0.496 e. The Morgan fingerprint density at radius 2 is 1.89 bits per heavy atom. The van der Waals surface area contributed by atoms with Crippen molar-refractivity contribution in [1.82, 2.24) is 0 Å². The van der Waals surface area contributed by atoms with E-state index in [2.05, 4.69) is 0 Å². The van der Waals surface area contributed by atoms with Gasteiger partial charge in [-0.25, -0.2) is 0 Å². The summed E-state index contributed by atoms with van der Waals surface area (Å²) in [7, 11) is 3.06. The molecule has 5 heteroatoms. The molecule has 0 spiro atoms. The van der Waals surface area contributed by atoms with Crippen LogP contribution in [0.4, 0.5) is 0 Å². The Labute approximate surface area is 115 Å². The topological polar surface area (TPSA) is 55.8 Å². The molecule has 1 N–H and O–H groups in total. The minimum absolute atomic E-state index is 0.487. The molecular weight excluding hydrogens is 243 g/mol. The SMILES string of the molecule is COc1cc([B]OC(C)(C)C(C)(C)O)ccc1C=O. The Bertz CT molecular complexity index is 449. The molecule has 1 rings (SSSR count). The second kappa shape index (κ2) is 5.76. The van der Waals surface area contributed by atoms with Crippen LogP contribution in [0.3, 0.4) is 0 Å². The molecule has 0 aromatic heterocycles. The lowest BCUT2D eigenvalue weighted by Gasteiger charge is -2.37. The van der Waals surface area contributed by atoms with E-state index < -0.39 is 11.2 Å². The molecule has 0 saturated heterocycles. The standard InChI is InChI=1S/C14H20BO4/c1-13(2,17)14(3,4)19-15-11-7-6-10(9-16)12(8-11)18-5/h6-9,17H,1-5H3. The molecule has 0 heterocycles. The normalized spacial score (nSPS) is 12.1. The van der Waals surface area contributed by atoms with E-state index >= 15 is 0 Å². The molecule has 0 fully saturated rings. The van der Waals surface area contributed by atoms with Crippen LogP contribution in [-0.2, 0) is 4.65 Å². The van der Waals surface area contributed by atoms with Crippen LogP contribution in [0.1, 0.15) is 38.1 Å². The van der Waals surface area contributed by atoms with E-state index in [1.165, 1.54) is 7.11 Å². The number of aliphatic hydroxyl groups is 1. The number of aldehydes is 1. The highest BCUT2D eigenvalue weighted by Crippen LogP contribution is 2.24. The smallest absolute Gasteiger partial charge is 0.331 e. The van der Waals surface area contributed by atoms with Gasteiger partial charge in [-0.15, -0.1) is 0 Å². The lowest BCUT2D eigenvalue weighted by atomic mass is 9.82. The molecule has 0 unspecified atom stereocenters. The number of rotatable bonds is 6.